The highest BCUT2D eigenvalue weighted by molar-refractivity contribution is 7.07. The molecule has 0 atom stereocenters. The van der Waals surface area contributed by atoms with Gasteiger partial charge in [0, 0.05) is 20.1 Å². The van der Waals surface area contributed by atoms with Crippen LogP contribution in [0.25, 0.3) is 0 Å². The second-order valence-corrected chi connectivity index (χ2v) is 4.68. The maximum Gasteiger partial charge on any atom is 0.191 e. The molecule has 2 rings (SSSR count). The first kappa shape index (κ1) is 12.6. The Morgan fingerprint density at radius 2 is 1.78 bits per heavy atom. The fourth-order valence-corrected chi connectivity index (χ4v) is 2.25. The Morgan fingerprint density at radius 3 is 2.39 bits per heavy atom. The number of hydrogen-bond acceptors (Lipinski definition) is 2. The van der Waals surface area contributed by atoms with Crippen molar-refractivity contribution in [2.24, 2.45) is 4.99 Å². The van der Waals surface area contributed by atoms with Gasteiger partial charge in [-0.05, 0) is 28.0 Å². The van der Waals surface area contributed by atoms with Crippen molar-refractivity contribution in [2.45, 2.75) is 13.1 Å². The molecule has 0 aliphatic heterocycles. The summed E-state index contributed by atoms with van der Waals surface area (Å²) in [6.07, 6.45) is 0. The van der Waals surface area contributed by atoms with Crippen LogP contribution in [0.15, 0.2) is 52.2 Å². The highest BCUT2D eigenvalue weighted by Crippen LogP contribution is 2.04. The Kier molecular flexibility index (Phi) is 4.78. The average Bonchev–Trinajstić information content (AvgIpc) is 2.93. The van der Waals surface area contributed by atoms with Crippen molar-refractivity contribution in [3.8, 4) is 0 Å². The van der Waals surface area contributed by atoms with E-state index >= 15 is 0 Å². The van der Waals surface area contributed by atoms with E-state index in [2.05, 4.69) is 44.6 Å². The van der Waals surface area contributed by atoms with E-state index in [1.54, 1.807) is 18.4 Å². The summed E-state index contributed by atoms with van der Waals surface area (Å²) >= 11 is 1.71. The van der Waals surface area contributed by atoms with Gasteiger partial charge in [-0.1, -0.05) is 30.3 Å². The second kappa shape index (κ2) is 6.81. The molecule has 1 aromatic heterocycles. The summed E-state index contributed by atoms with van der Waals surface area (Å²) in [5, 5.41) is 10.8. The molecule has 1 aromatic carbocycles. The van der Waals surface area contributed by atoms with E-state index in [1.165, 1.54) is 11.1 Å². The van der Waals surface area contributed by atoms with Crippen molar-refractivity contribution < 1.29 is 0 Å². The van der Waals surface area contributed by atoms with Gasteiger partial charge < -0.3 is 10.6 Å². The Bertz CT molecular complexity index is 477. The van der Waals surface area contributed by atoms with Crippen molar-refractivity contribution in [1.82, 2.24) is 10.6 Å². The molecular formula is C14H17N3S. The Morgan fingerprint density at radius 1 is 1.06 bits per heavy atom. The third-order valence-electron chi connectivity index (χ3n) is 2.57. The third kappa shape index (κ3) is 3.89. The fourth-order valence-electron chi connectivity index (χ4n) is 1.58. The van der Waals surface area contributed by atoms with Crippen LogP contribution in [0, 0.1) is 0 Å². The summed E-state index contributed by atoms with van der Waals surface area (Å²) in [6.45, 7) is 1.59. The van der Waals surface area contributed by atoms with E-state index in [9.17, 15) is 0 Å². The van der Waals surface area contributed by atoms with Crippen LogP contribution in [-0.2, 0) is 13.1 Å². The van der Waals surface area contributed by atoms with Gasteiger partial charge in [-0.25, -0.2) is 0 Å². The van der Waals surface area contributed by atoms with Crippen LogP contribution in [-0.4, -0.2) is 13.0 Å². The largest absolute Gasteiger partial charge is 0.352 e. The summed E-state index contributed by atoms with van der Waals surface area (Å²) in [4.78, 5) is 4.20. The van der Waals surface area contributed by atoms with Crippen LogP contribution in [0.1, 0.15) is 11.1 Å². The van der Waals surface area contributed by atoms with Crippen LogP contribution in [0.5, 0.6) is 0 Å². The second-order valence-electron chi connectivity index (χ2n) is 3.90. The lowest BCUT2D eigenvalue weighted by molar-refractivity contribution is 0.811. The lowest BCUT2D eigenvalue weighted by atomic mass is 10.2. The minimum absolute atomic E-state index is 0.782. The standard InChI is InChI=1S/C14H17N3S/c1-15-14(17-10-13-7-8-18-11-13)16-9-12-5-3-2-4-6-12/h2-8,11H,9-10H2,1H3,(H2,15,16,17). The highest BCUT2D eigenvalue weighted by Gasteiger charge is 1.98. The van der Waals surface area contributed by atoms with E-state index in [0.717, 1.165) is 19.0 Å². The molecule has 0 saturated heterocycles. The first-order chi connectivity index (χ1) is 8.88. The summed E-state index contributed by atoms with van der Waals surface area (Å²) in [7, 11) is 1.79. The highest BCUT2D eigenvalue weighted by atomic mass is 32.1. The number of benzene rings is 1. The Balaban J connectivity index is 1.79. The SMILES string of the molecule is CN=C(NCc1ccccc1)NCc1ccsc1. The van der Waals surface area contributed by atoms with Crippen LogP contribution >= 0.6 is 11.3 Å². The van der Waals surface area contributed by atoms with Gasteiger partial charge in [-0.15, -0.1) is 0 Å². The maximum atomic E-state index is 4.20. The summed E-state index contributed by atoms with van der Waals surface area (Å²) in [5.74, 6) is 0.824. The van der Waals surface area contributed by atoms with E-state index in [1.807, 2.05) is 18.2 Å². The molecule has 0 fully saturated rings. The van der Waals surface area contributed by atoms with Gasteiger partial charge in [0.15, 0.2) is 5.96 Å². The van der Waals surface area contributed by atoms with Gasteiger partial charge in [-0.2, -0.15) is 11.3 Å². The van der Waals surface area contributed by atoms with Gasteiger partial charge in [0.05, 0.1) is 0 Å². The lowest BCUT2D eigenvalue weighted by Gasteiger charge is -2.11. The molecule has 0 aliphatic rings. The number of rotatable bonds is 4. The Labute approximate surface area is 112 Å². The normalized spacial score (nSPS) is 11.3. The fraction of sp³-hybridized carbons (Fsp3) is 0.214. The molecule has 0 aliphatic carbocycles. The van der Waals surface area contributed by atoms with Crippen molar-refractivity contribution in [3.63, 3.8) is 0 Å². The molecule has 0 bridgehead atoms. The van der Waals surface area contributed by atoms with Gasteiger partial charge >= 0.3 is 0 Å². The smallest absolute Gasteiger partial charge is 0.191 e. The zero-order chi connectivity index (χ0) is 12.6. The minimum Gasteiger partial charge on any atom is -0.352 e. The van der Waals surface area contributed by atoms with E-state index in [-0.39, 0.29) is 0 Å². The van der Waals surface area contributed by atoms with Crippen LogP contribution in [0.2, 0.25) is 0 Å². The minimum atomic E-state index is 0.782. The zero-order valence-electron chi connectivity index (χ0n) is 10.4. The van der Waals surface area contributed by atoms with E-state index in [0.29, 0.717) is 0 Å². The molecular weight excluding hydrogens is 242 g/mol. The summed E-state index contributed by atoms with van der Waals surface area (Å²) in [6, 6.07) is 12.4. The summed E-state index contributed by atoms with van der Waals surface area (Å²) < 4.78 is 0. The Hall–Kier alpha value is -1.81. The predicted octanol–water partition coefficient (Wildman–Crippen LogP) is 2.61. The van der Waals surface area contributed by atoms with Crippen molar-refractivity contribution >= 4 is 17.3 Å². The molecule has 0 unspecified atom stereocenters. The van der Waals surface area contributed by atoms with Crippen LogP contribution in [0.3, 0.4) is 0 Å². The molecule has 2 N–H and O–H groups in total. The average molecular weight is 259 g/mol. The molecule has 2 aromatic rings. The number of guanidine groups is 1. The summed E-state index contributed by atoms with van der Waals surface area (Å²) in [5.41, 5.74) is 2.53. The topological polar surface area (TPSA) is 36.4 Å². The first-order valence-electron chi connectivity index (χ1n) is 5.88. The molecule has 0 saturated carbocycles. The van der Waals surface area contributed by atoms with Crippen molar-refractivity contribution in [1.29, 1.82) is 0 Å². The maximum absolute atomic E-state index is 4.20. The number of thiophene rings is 1. The molecule has 18 heavy (non-hydrogen) atoms. The zero-order valence-corrected chi connectivity index (χ0v) is 11.2. The molecule has 94 valence electrons. The van der Waals surface area contributed by atoms with Crippen molar-refractivity contribution in [2.75, 3.05) is 7.05 Å². The van der Waals surface area contributed by atoms with Crippen LogP contribution < -0.4 is 10.6 Å². The molecule has 1 heterocycles. The number of aliphatic imine (C=N–C) groups is 1. The van der Waals surface area contributed by atoms with Crippen molar-refractivity contribution in [3.05, 3.63) is 58.3 Å². The quantitative estimate of drug-likeness (QED) is 0.654. The van der Waals surface area contributed by atoms with Crippen LogP contribution in [0.4, 0.5) is 0 Å². The van der Waals surface area contributed by atoms with Gasteiger partial charge in [0.2, 0.25) is 0 Å². The monoisotopic (exact) mass is 259 g/mol. The van der Waals surface area contributed by atoms with Gasteiger partial charge in [0.1, 0.15) is 0 Å². The number of nitrogens with one attached hydrogen (secondary N) is 2. The lowest BCUT2D eigenvalue weighted by Crippen LogP contribution is -2.36. The van der Waals surface area contributed by atoms with Gasteiger partial charge in [-0.3, -0.25) is 4.99 Å². The molecule has 0 spiro atoms. The van der Waals surface area contributed by atoms with E-state index in [4.69, 9.17) is 0 Å². The molecule has 3 nitrogen and oxygen atoms in total. The molecule has 4 heteroatoms. The van der Waals surface area contributed by atoms with E-state index < -0.39 is 0 Å². The van der Waals surface area contributed by atoms with Gasteiger partial charge in [0.25, 0.3) is 0 Å². The first-order valence-corrected chi connectivity index (χ1v) is 6.82. The number of nitrogens with zero attached hydrogens (tertiary/aromatic N) is 1. The molecule has 0 amide bonds. The predicted molar refractivity (Wildman–Crippen MR) is 77.8 cm³/mol. The third-order valence-corrected chi connectivity index (χ3v) is 3.30. The molecule has 0 radical (unpaired) electrons. The number of hydrogen-bond donors (Lipinski definition) is 2.